The summed E-state index contributed by atoms with van der Waals surface area (Å²) in [6.45, 7) is 3.50. The molecule has 1 saturated heterocycles. The number of piperidine rings is 1. The molecule has 2 aliphatic rings. The number of hydrogen-bond donors (Lipinski definition) is 1. The molecule has 0 radical (unpaired) electrons. The number of fused-ring (bicyclic) bond motifs is 1. The molecule has 2 aliphatic heterocycles. The molecule has 1 N–H and O–H groups in total. The first-order valence-corrected chi connectivity index (χ1v) is 10.3. The van der Waals surface area contributed by atoms with Crippen molar-refractivity contribution in [2.24, 2.45) is 0 Å². The van der Waals surface area contributed by atoms with Crippen LogP contribution in [-0.4, -0.2) is 67.1 Å². The van der Waals surface area contributed by atoms with Gasteiger partial charge in [0.15, 0.2) is 0 Å². The number of hydrogen-bond acceptors (Lipinski definition) is 4. The Balaban J connectivity index is 1.72. The number of amides is 1. The van der Waals surface area contributed by atoms with Gasteiger partial charge in [0.1, 0.15) is 5.69 Å². The van der Waals surface area contributed by atoms with Crippen molar-refractivity contribution in [1.29, 1.82) is 0 Å². The van der Waals surface area contributed by atoms with Gasteiger partial charge in [-0.05, 0) is 51.5 Å². The Morgan fingerprint density at radius 3 is 2.54 bits per heavy atom. The third-order valence-electron chi connectivity index (χ3n) is 4.95. The first-order valence-electron chi connectivity index (χ1n) is 8.47. The highest BCUT2D eigenvalue weighted by molar-refractivity contribution is 7.88. The van der Waals surface area contributed by atoms with Gasteiger partial charge in [-0.2, -0.15) is 4.31 Å². The molecule has 0 aromatic carbocycles. The fraction of sp³-hybridized carbons (Fsp3) is 0.688. The van der Waals surface area contributed by atoms with Gasteiger partial charge in [-0.25, -0.2) is 8.42 Å². The number of nitrogens with one attached hydrogen (secondary N) is 1. The number of likely N-dealkylation sites (tertiary alicyclic amines) is 1. The van der Waals surface area contributed by atoms with Crippen molar-refractivity contribution < 1.29 is 13.2 Å². The molecule has 0 unspecified atom stereocenters. The lowest BCUT2D eigenvalue weighted by molar-refractivity contribution is 0.0907. The molecule has 24 heavy (non-hydrogen) atoms. The molecule has 8 heteroatoms. The standard InChI is InChI=1S/C16H26N4O3S/c1-18-10-6-13(7-11-18)17-16(21)15-5-4-14-12-19(24(2,22)23)8-3-9-20(14)15/h4-5,13H,3,6-12H2,1-2H3,(H,17,21). The highest BCUT2D eigenvalue weighted by Gasteiger charge is 2.25. The van der Waals surface area contributed by atoms with Crippen LogP contribution in [-0.2, 0) is 23.1 Å². The average molecular weight is 354 g/mol. The smallest absolute Gasteiger partial charge is 0.268 e. The minimum absolute atomic E-state index is 0.0522. The monoisotopic (exact) mass is 354 g/mol. The lowest BCUT2D eigenvalue weighted by Crippen LogP contribution is -2.43. The van der Waals surface area contributed by atoms with Gasteiger partial charge in [0.05, 0.1) is 12.8 Å². The predicted octanol–water partition coefficient (Wildman–Crippen LogP) is 0.477. The molecule has 1 aromatic rings. The predicted molar refractivity (Wildman–Crippen MR) is 92.3 cm³/mol. The maximum Gasteiger partial charge on any atom is 0.268 e. The Kier molecular flexibility index (Phi) is 4.98. The van der Waals surface area contributed by atoms with Crippen molar-refractivity contribution in [3.8, 4) is 0 Å². The molecule has 3 heterocycles. The summed E-state index contributed by atoms with van der Waals surface area (Å²) < 4.78 is 27.1. The van der Waals surface area contributed by atoms with E-state index in [1.54, 1.807) is 0 Å². The quantitative estimate of drug-likeness (QED) is 0.857. The van der Waals surface area contributed by atoms with Gasteiger partial charge in [0.2, 0.25) is 10.0 Å². The third-order valence-corrected chi connectivity index (χ3v) is 6.20. The van der Waals surface area contributed by atoms with E-state index < -0.39 is 10.0 Å². The summed E-state index contributed by atoms with van der Waals surface area (Å²) in [4.78, 5) is 14.9. The number of sulfonamides is 1. The maximum absolute atomic E-state index is 12.6. The Bertz CT molecular complexity index is 705. The minimum Gasteiger partial charge on any atom is -0.348 e. The van der Waals surface area contributed by atoms with Crippen LogP contribution in [0.4, 0.5) is 0 Å². The maximum atomic E-state index is 12.6. The Labute approximate surface area is 143 Å². The Hall–Kier alpha value is -1.38. The van der Waals surface area contributed by atoms with E-state index in [4.69, 9.17) is 0 Å². The van der Waals surface area contributed by atoms with Crippen LogP contribution in [0.2, 0.25) is 0 Å². The van der Waals surface area contributed by atoms with Gasteiger partial charge in [0, 0.05) is 24.8 Å². The van der Waals surface area contributed by atoms with Crippen LogP contribution in [0, 0.1) is 0 Å². The lowest BCUT2D eigenvalue weighted by atomic mass is 10.1. The Morgan fingerprint density at radius 2 is 1.88 bits per heavy atom. The fourth-order valence-corrected chi connectivity index (χ4v) is 4.30. The second kappa shape index (κ2) is 6.85. The molecule has 134 valence electrons. The summed E-state index contributed by atoms with van der Waals surface area (Å²) in [6.07, 6.45) is 3.89. The van der Waals surface area contributed by atoms with Crippen LogP contribution in [0.15, 0.2) is 12.1 Å². The zero-order valence-corrected chi connectivity index (χ0v) is 15.2. The van der Waals surface area contributed by atoms with Crippen LogP contribution < -0.4 is 5.32 Å². The Morgan fingerprint density at radius 1 is 1.17 bits per heavy atom. The van der Waals surface area contributed by atoms with Gasteiger partial charge in [-0.1, -0.05) is 0 Å². The molecule has 1 fully saturated rings. The molecule has 0 bridgehead atoms. The van der Waals surface area contributed by atoms with E-state index in [2.05, 4.69) is 17.3 Å². The molecule has 0 atom stereocenters. The largest absolute Gasteiger partial charge is 0.348 e. The zero-order chi connectivity index (χ0) is 17.3. The van der Waals surface area contributed by atoms with Gasteiger partial charge < -0.3 is 14.8 Å². The van der Waals surface area contributed by atoms with Gasteiger partial charge in [0.25, 0.3) is 5.91 Å². The summed E-state index contributed by atoms with van der Waals surface area (Å²) >= 11 is 0. The first-order chi connectivity index (χ1) is 11.3. The first kappa shape index (κ1) is 17.4. The highest BCUT2D eigenvalue weighted by Crippen LogP contribution is 2.19. The summed E-state index contributed by atoms with van der Waals surface area (Å²) in [7, 11) is -1.12. The number of carbonyl (C=O) groups is 1. The van der Waals surface area contributed by atoms with E-state index in [1.807, 2.05) is 16.7 Å². The topological polar surface area (TPSA) is 74.7 Å². The van der Waals surface area contributed by atoms with Crippen LogP contribution in [0.5, 0.6) is 0 Å². The molecular weight excluding hydrogens is 328 g/mol. The van der Waals surface area contributed by atoms with Gasteiger partial charge >= 0.3 is 0 Å². The van der Waals surface area contributed by atoms with E-state index in [0.717, 1.165) is 31.6 Å². The normalized spacial score (nSPS) is 21.2. The van der Waals surface area contributed by atoms with E-state index in [9.17, 15) is 13.2 Å². The zero-order valence-electron chi connectivity index (χ0n) is 14.4. The molecule has 7 nitrogen and oxygen atoms in total. The number of nitrogens with zero attached hydrogens (tertiary/aromatic N) is 3. The molecule has 1 amide bonds. The van der Waals surface area contributed by atoms with E-state index in [1.165, 1.54) is 10.6 Å². The fourth-order valence-electron chi connectivity index (χ4n) is 3.47. The number of rotatable bonds is 3. The SMILES string of the molecule is CN1CCC(NC(=O)c2ccc3n2CCCN(S(C)(=O)=O)C3)CC1. The van der Waals surface area contributed by atoms with E-state index in [0.29, 0.717) is 31.7 Å². The second-order valence-corrected chi connectivity index (χ2v) is 8.85. The molecule has 1 aromatic heterocycles. The van der Waals surface area contributed by atoms with Gasteiger partial charge in [-0.3, -0.25) is 4.79 Å². The minimum atomic E-state index is -3.22. The molecule has 0 aliphatic carbocycles. The lowest BCUT2D eigenvalue weighted by Gasteiger charge is -2.29. The van der Waals surface area contributed by atoms with Crippen LogP contribution in [0.25, 0.3) is 0 Å². The summed E-state index contributed by atoms with van der Waals surface area (Å²) in [6, 6.07) is 3.90. The summed E-state index contributed by atoms with van der Waals surface area (Å²) in [5, 5.41) is 3.14. The molecule has 0 spiro atoms. The number of aromatic nitrogens is 1. The van der Waals surface area contributed by atoms with Crippen molar-refractivity contribution in [2.75, 3.05) is 32.9 Å². The third kappa shape index (κ3) is 3.81. The van der Waals surface area contributed by atoms with E-state index in [-0.39, 0.29) is 11.9 Å². The summed E-state index contributed by atoms with van der Waals surface area (Å²) in [5.41, 5.74) is 1.52. The average Bonchev–Trinajstić information content (AvgIpc) is 2.78. The van der Waals surface area contributed by atoms with Gasteiger partial charge in [-0.15, -0.1) is 0 Å². The van der Waals surface area contributed by atoms with Crippen molar-refractivity contribution in [2.45, 2.75) is 38.4 Å². The molecule has 3 rings (SSSR count). The van der Waals surface area contributed by atoms with Crippen molar-refractivity contribution in [1.82, 2.24) is 19.1 Å². The second-order valence-electron chi connectivity index (χ2n) is 6.86. The number of carbonyl (C=O) groups excluding carboxylic acids is 1. The van der Waals surface area contributed by atoms with Crippen LogP contribution in [0.1, 0.15) is 35.4 Å². The molecule has 0 saturated carbocycles. The summed E-state index contributed by atoms with van der Waals surface area (Å²) in [5.74, 6) is -0.0522. The molecular formula is C16H26N4O3S. The van der Waals surface area contributed by atoms with Crippen LogP contribution in [0.3, 0.4) is 0 Å². The van der Waals surface area contributed by atoms with E-state index >= 15 is 0 Å². The van der Waals surface area contributed by atoms with Crippen molar-refractivity contribution >= 4 is 15.9 Å². The van der Waals surface area contributed by atoms with Crippen molar-refractivity contribution in [3.63, 3.8) is 0 Å². The highest BCUT2D eigenvalue weighted by atomic mass is 32.2. The van der Waals surface area contributed by atoms with Crippen LogP contribution >= 0.6 is 0 Å². The van der Waals surface area contributed by atoms with Crippen molar-refractivity contribution in [3.05, 3.63) is 23.5 Å².